The molecule has 114 valence electrons. The second kappa shape index (κ2) is 5.83. The molecule has 1 N–H and O–H groups in total. The summed E-state index contributed by atoms with van der Waals surface area (Å²) in [6.45, 7) is 1.26. The molecular weight excluding hydrogens is 334 g/mol. The zero-order valence-corrected chi connectivity index (χ0v) is 13.7. The van der Waals surface area contributed by atoms with Gasteiger partial charge in [-0.3, -0.25) is 9.59 Å². The minimum Gasteiger partial charge on any atom is -0.359 e. The maximum atomic E-state index is 12.8. The van der Waals surface area contributed by atoms with Gasteiger partial charge in [0.05, 0.1) is 5.92 Å². The molecule has 2 fully saturated rings. The fraction of sp³-hybridized carbons (Fsp3) is 0.600. The zero-order valence-electron chi connectivity index (χ0n) is 12.1. The minimum atomic E-state index is -0.0829. The van der Waals surface area contributed by atoms with E-state index in [2.05, 4.69) is 25.8 Å². The highest BCUT2D eigenvalue weighted by Crippen LogP contribution is 2.38. The zero-order chi connectivity index (χ0) is 15.0. The molecule has 2 aliphatic rings. The average Bonchev–Trinajstić information content (AvgIpc) is 3.28. The van der Waals surface area contributed by atoms with Crippen LogP contribution in [-0.2, 0) is 4.79 Å². The van der Waals surface area contributed by atoms with Gasteiger partial charge in [-0.05, 0) is 47.7 Å². The molecule has 5 nitrogen and oxygen atoms in total. The third kappa shape index (κ3) is 3.00. The predicted molar refractivity (Wildman–Crippen MR) is 83.1 cm³/mol. The van der Waals surface area contributed by atoms with Gasteiger partial charge in [0.15, 0.2) is 0 Å². The Morgan fingerprint density at radius 3 is 2.76 bits per heavy atom. The smallest absolute Gasteiger partial charge is 0.270 e. The number of rotatable bonds is 3. The van der Waals surface area contributed by atoms with Crippen molar-refractivity contribution in [3.8, 4) is 0 Å². The number of hydrogen-bond acceptors (Lipinski definition) is 2. The minimum absolute atomic E-state index is 0.0336. The number of amides is 2. The van der Waals surface area contributed by atoms with E-state index in [1.165, 1.54) is 0 Å². The highest BCUT2D eigenvalue weighted by molar-refractivity contribution is 9.10. The Morgan fingerprint density at radius 2 is 2.10 bits per heavy atom. The molecule has 1 saturated carbocycles. The summed E-state index contributed by atoms with van der Waals surface area (Å²) < 4.78 is 3.02. The third-order valence-electron chi connectivity index (χ3n) is 4.30. The van der Waals surface area contributed by atoms with E-state index in [9.17, 15) is 9.59 Å². The molecule has 2 heterocycles. The van der Waals surface area contributed by atoms with Crippen molar-refractivity contribution in [2.75, 3.05) is 20.1 Å². The van der Waals surface area contributed by atoms with Gasteiger partial charge in [0.1, 0.15) is 5.69 Å². The Bertz CT molecular complexity index is 565. The van der Waals surface area contributed by atoms with Gasteiger partial charge in [-0.1, -0.05) is 0 Å². The van der Waals surface area contributed by atoms with Gasteiger partial charge < -0.3 is 14.8 Å². The van der Waals surface area contributed by atoms with E-state index in [4.69, 9.17) is 0 Å². The summed E-state index contributed by atoms with van der Waals surface area (Å²) in [7, 11) is 1.65. The van der Waals surface area contributed by atoms with Crippen LogP contribution in [0, 0.1) is 5.92 Å². The van der Waals surface area contributed by atoms with Crippen LogP contribution in [-0.4, -0.2) is 41.4 Å². The van der Waals surface area contributed by atoms with Crippen molar-refractivity contribution in [3.63, 3.8) is 0 Å². The SMILES string of the molecule is CNC(=O)C1CCCN(C(=O)c2cc(Br)cn2C2CC2)C1. The van der Waals surface area contributed by atoms with Gasteiger partial charge in [0.25, 0.3) is 5.91 Å². The first-order valence-corrected chi connectivity index (χ1v) is 8.27. The van der Waals surface area contributed by atoms with Gasteiger partial charge >= 0.3 is 0 Å². The largest absolute Gasteiger partial charge is 0.359 e. The van der Waals surface area contributed by atoms with Crippen LogP contribution in [0.2, 0.25) is 0 Å². The van der Waals surface area contributed by atoms with E-state index in [0.29, 0.717) is 12.6 Å². The summed E-state index contributed by atoms with van der Waals surface area (Å²) in [4.78, 5) is 26.4. The first kappa shape index (κ1) is 14.6. The van der Waals surface area contributed by atoms with Gasteiger partial charge in [0, 0.05) is 36.8 Å². The first-order chi connectivity index (χ1) is 10.1. The Kier molecular flexibility index (Phi) is 4.06. The van der Waals surface area contributed by atoms with E-state index >= 15 is 0 Å². The molecule has 0 aromatic carbocycles. The van der Waals surface area contributed by atoms with Crippen LogP contribution in [0.5, 0.6) is 0 Å². The standard InChI is InChI=1S/C15H20BrN3O2/c1-17-14(20)10-3-2-6-18(8-10)15(21)13-7-11(16)9-19(13)12-4-5-12/h7,9-10,12H,2-6,8H2,1H3,(H,17,20). The second-order valence-electron chi connectivity index (χ2n) is 5.89. The summed E-state index contributed by atoms with van der Waals surface area (Å²) in [6.07, 6.45) is 6.02. The predicted octanol–water partition coefficient (Wildman–Crippen LogP) is 2.18. The number of carbonyl (C=O) groups is 2. The maximum Gasteiger partial charge on any atom is 0.270 e. The van der Waals surface area contributed by atoms with Crippen molar-refractivity contribution in [2.45, 2.75) is 31.7 Å². The quantitative estimate of drug-likeness (QED) is 0.905. The Balaban J connectivity index is 1.77. The van der Waals surface area contributed by atoms with Crippen molar-refractivity contribution in [1.29, 1.82) is 0 Å². The molecular formula is C15H20BrN3O2. The fourth-order valence-electron chi connectivity index (χ4n) is 3.01. The highest BCUT2D eigenvalue weighted by Gasteiger charge is 2.32. The topological polar surface area (TPSA) is 54.3 Å². The second-order valence-corrected chi connectivity index (χ2v) is 6.80. The molecule has 21 heavy (non-hydrogen) atoms. The lowest BCUT2D eigenvalue weighted by Crippen LogP contribution is -2.45. The van der Waals surface area contributed by atoms with E-state index < -0.39 is 0 Å². The monoisotopic (exact) mass is 353 g/mol. The number of halogens is 1. The van der Waals surface area contributed by atoms with Crippen molar-refractivity contribution in [2.24, 2.45) is 5.92 Å². The van der Waals surface area contributed by atoms with Gasteiger partial charge in [-0.15, -0.1) is 0 Å². The third-order valence-corrected chi connectivity index (χ3v) is 4.73. The van der Waals surface area contributed by atoms with Crippen LogP contribution in [0.1, 0.15) is 42.2 Å². The Hall–Kier alpha value is -1.30. The average molecular weight is 354 g/mol. The number of likely N-dealkylation sites (tertiary alicyclic amines) is 1. The van der Waals surface area contributed by atoms with Crippen LogP contribution >= 0.6 is 15.9 Å². The van der Waals surface area contributed by atoms with E-state index in [0.717, 1.165) is 42.4 Å². The lowest BCUT2D eigenvalue weighted by atomic mass is 9.97. The van der Waals surface area contributed by atoms with Crippen molar-refractivity contribution < 1.29 is 9.59 Å². The fourth-order valence-corrected chi connectivity index (χ4v) is 3.45. The van der Waals surface area contributed by atoms with Crippen molar-refractivity contribution in [1.82, 2.24) is 14.8 Å². The Morgan fingerprint density at radius 1 is 1.33 bits per heavy atom. The van der Waals surface area contributed by atoms with Crippen LogP contribution in [0.3, 0.4) is 0 Å². The summed E-state index contributed by atoms with van der Waals surface area (Å²) >= 11 is 3.46. The molecule has 3 rings (SSSR count). The number of aromatic nitrogens is 1. The van der Waals surface area contributed by atoms with Gasteiger partial charge in [0.2, 0.25) is 5.91 Å². The number of hydrogen-bond donors (Lipinski definition) is 1. The Labute approximate surface area is 132 Å². The lowest BCUT2D eigenvalue weighted by Gasteiger charge is -2.32. The number of nitrogens with one attached hydrogen (secondary N) is 1. The van der Waals surface area contributed by atoms with Crippen LogP contribution in [0.4, 0.5) is 0 Å². The maximum absolute atomic E-state index is 12.8. The van der Waals surface area contributed by atoms with E-state index in [1.54, 1.807) is 7.05 Å². The van der Waals surface area contributed by atoms with Crippen LogP contribution < -0.4 is 5.32 Å². The van der Waals surface area contributed by atoms with Gasteiger partial charge in [-0.2, -0.15) is 0 Å². The first-order valence-electron chi connectivity index (χ1n) is 7.48. The molecule has 6 heteroatoms. The van der Waals surface area contributed by atoms with Crippen LogP contribution in [0.25, 0.3) is 0 Å². The summed E-state index contributed by atoms with van der Waals surface area (Å²) in [5.41, 5.74) is 0.738. The molecule has 1 unspecified atom stereocenters. The molecule has 1 aliphatic heterocycles. The molecule has 1 aromatic heterocycles. The van der Waals surface area contributed by atoms with Gasteiger partial charge in [-0.25, -0.2) is 0 Å². The van der Waals surface area contributed by atoms with E-state index in [-0.39, 0.29) is 17.7 Å². The lowest BCUT2D eigenvalue weighted by molar-refractivity contribution is -0.125. The van der Waals surface area contributed by atoms with E-state index in [1.807, 2.05) is 17.2 Å². The van der Waals surface area contributed by atoms with Crippen molar-refractivity contribution in [3.05, 3.63) is 22.4 Å². The molecule has 0 bridgehead atoms. The summed E-state index contributed by atoms with van der Waals surface area (Å²) in [6, 6.07) is 2.36. The highest BCUT2D eigenvalue weighted by atomic mass is 79.9. The number of carbonyl (C=O) groups excluding carboxylic acids is 2. The molecule has 1 saturated heterocycles. The number of nitrogens with zero attached hydrogens (tertiary/aromatic N) is 2. The van der Waals surface area contributed by atoms with Crippen LogP contribution in [0.15, 0.2) is 16.7 Å². The molecule has 0 spiro atoms. The summed E-state index contributed by atoms with van der Waals surface area (Å²) in [5.74, 6) is -0.00654. The molecule has 1 atom stereocenters. The number of piperidine rings is 1. The summed E-state index contributed by atoms with van der Waals surface area (Å²) in [5, 5.41) is 2.69. The molecule has 1 aliphatic carbocycles. The molecule has 0 radical (unpaired) electrons. The molecule has 1 aromatic rings. The normalized spacial score (nSPS) is 22.2. The molecule has 2 amide bonds. The van der Waals surface area contributed by atoms with Crippen molar-refractivity contribution >= 4 is 27.7 Å².